The van der Waals surface area contributed by atoms with Crippen LogP contribution < -0.4 is 15.4 Å². The van der Waals surface area contributed by atoms with E-state index in [0.717, 1.165) is 24.3 Å². The van der Waals surface area contributed by atoms with Crippen LogP contribution in [-0.4, -0.2) is 34.6 Å². The zero-order valence-corrected chi connectivity index (χ0v) is 14.9. The fourth-order valence-electron chi connectivity index (χ4n) is 3.16. The molecule has 3 aromatic rings. The van der Waals surface area contributed by atoms with Crippen LogP contribution in [0.5, 0.6) is 5.88 Å². The topological polar surface area (TPSA) is 72.0 Å². The van der Waals surface area contributed by atoms with Crippen molar-refractivity contribution in [2.75, 3.05) is 25.0 Å². The predicted molar refractivity (Wildman–Crippen MR) is 103 cm³/mol. The van der Waals surface area contributed by atoms with Crippen molar-refractivity contribution in [3.8, 4) is 5.88 Å². The molecule has 0 unspecified atom stereocenters. The fourth-order valence-corrected chi connectivity index (χ4v) is 3.16. The third kappa shape index (κ3) is 3.91. The van der Waals surface area contributed by atoms with Crippen LogP contribution in [0.1, 0.15) is 18.4 Å². The van der Waals surface area contributed by atoms with Crippen molar-refractivity contribution in [3.63, 3.8) is 0 Å². The van der Waals surface area contributed by atoms with Crippen LogP contribution in [-0.2, 0) is 0 Å². The van der Waals surface area contributed by atoms with Gasteiger partial charge in [-0.15, -0.1) is 0 Å². The van der Waals surface area contributed by atoms with Crippen molar-refractivity contribution in [2.45, 2.75) is 19.8 Å². The van der Waals surface area contributed by atoms with Crippen molar-refractivity contribution in [1.29, 1.82) is 0 Å². The van der Waals surface area contributed by atoms with Crippen LogP contribution in [0.2, 0.25) is 0 Å². The van der Waals surface area contributed by atoms with Gasteiger partial charge in [0.25, 0.3) is 0 Å². The third-order valence-corrected chi connectivity index (χ3v) is 4.60. The maximum Gasteiger partial charge on any atom is 0.244 e. The first kappa shape index (κ1) is 16.7. The van der Waals surface area contributed by atoms with Gasteiger partial charge in [0.1, 0.15) is 5.82 Å². The lowest BCUT2D eigenvalue weighted by molar-refractivity contribution is 0.214. The van der Waals surface area contributed by atoms with E-state index >= 15 is 0 Å². The van der Waals surface area contributed by atoms with Crippen LogP contribution in [0, 0.1) is 12.8 Å². The number of hydrogen-bond acceptors (Lipinski definition) is 6. The largest absolute Gasteiger partial charge is 0.476 e. The molecule has 0 aliphatic carbocycles. The number of rotatable bonds is 5. The highest BCUT2D eigenvalue weighted by Crippen LogP contribution is 2.26. The minimum Gasteiger partial charge on any atom is -0.476 e. The highest BCUT2D eigenvalue weighted by Gasteiger charge is 2.16. The fraction of sp³-hybridized carbons (Fsp3) is 0.350. The smallest absolute Gasteiger partial charge is 0.244 e. The molecule has 4 rings (SSSR count). The first-order chi connectivity index (χ1) is 12.8. The lowest BCUT2D eigenvalue weighted by atomic mass is 10.0. The second-order valence-electron chi connectivity index (χ2n) is 6.75. The summed E-state index contributed by atoms with van der Waals surface area (Å²) in [5.74, 6) is 1.75. The number of benzene rings is 1. The monoisotopic (exact) mass is 349 g/mol. The summed E-state index contributed by atoms with van der Waals surface area (Å²) in [4.78, 5) is 13.5. The maximum atomic E-state index is 6.06. The number of fused-ring (bicyclic) bond motifs is 1. The summed E-state index contributed by atoms with van der Waals surface area (Å²) in [7, 11) is 0. The van der Waals surface area contributed by atoms with Crippen molar-refractivity contribution in [2.24, 2.45) is 5.92 Å². The van der Waals surface area contributed by atoms with Gasteiger partial charge in [-0.1, -0.05) is 17.7 Å². The summed E-state index contributed by atoms with van der Waals surface area (Å²) < 4.78 is 6.06. The average molecular weight is 349 g/mol. The average Bonchev–Trinajstić information content (AvgIpc) is 2.69. The molecule has 1 aliphatic rings. The van der Waals surface area contributed by atoms with E-state index in [-0.39, 0.29) is 0 Å². The SMILES string of the molecule is Cc1ccc(Nc2cc3nccnc3c(OC[C@H]3CCCNC3)n2)cc1. The number of aryl methyl sites for hydroxylation is 1. The Morgan fingerprint density at radius 2 is 2.04 bits per heavy atom. The normalized spacial score (nSPS) is 17.2. The first-order valence-electron chi connectivity index (χ1n) is 9.07. The molecule has 1 atom stereocenters. The molecule has 6 nitrogen and oxygen atoms in total. The summed E-state index contributed by atoms with van der Waals surface area (Å²) in [6, 6.07) is 10.1. The summed E-state index contributed by atoms with van der Waals surface area (Å²) in [5.41, 5.74) is 3.67. The number of aromatic nitrogens is 3. The van der Waals surface area contributed by atoms with Gasteiger partial charge in [0.05, 0.1) is 12.1 Å². The molecule has 1 saturated heterocycles. The zero-order chi connectivity index (χ0) is 17.8. The van der Waals surface area contributed by atoms with Crippen molar-refractivity contribution >= 4 is 22.5 Å². The number of pyridine rings is 1. The molecule has 134 valence electrons. The van der Waals surface area contributed by atoms with Gasteiger partial charge in [-0.25, -0.2) is 4.98 Å². The van der Waals surface area contributed by atoms with Gasteiger partial charge in [-0.3, -0.25) is 4.98 Å². The summed E-state index contributed by atoms with van der Waals surface area (Å²) in [5, 5.41) is 6.75. The van der Waals surface area contributed by atoms with E-state index in [1.54, 1.807) is 12.4 Å². The standard InChI is InChI=1S/C20H23N5O/c1-14-4-6-16(7-5-14)24-18-11-17-19(23-10-9-22-17)20(25-18)26-13-15-3-2-8-21-12-15/h4-7,9-11,15,21H,2-3,8,12-13H2,1H3,(H,24,25)/t15-/m0/s1. The molecule has 0 amide bonds. The Bertz CT molecular complexity index is 875. The van der Waals surface area contributed by atoms with Crippen LogP contribution >= 0.6 is 0 Å². The van der Waals surface area contributed by atoms with Gasteiger partial charge in [0.2, 0.25) is 5.88 Å². The van der Waals surface area contributed by atoms with Crippen LogP contribution in [0.15, 0.2) is 42.7 Å². The van der Waals surface area contributed by atoms with E-state index in [0.29, 0.717) is 29.7 Å². The number of nitrogens with one attached hydrogen (secondary N) is 2. The third-order valence-electron chi connectivity index (χ3n) is 4.60. The zero-order valence-electron chi connectivity index (χ0n) is 14.9. The Morgan fingerprint density at radius 1 is 1.19 bits per heavy atom. The number of piperidine rings is 1. The van der Waals surface area contributed by atoms with Gasteiger partial charge in [0.15, 0.2) is 5.52 Å². The Labute approximate surface area is 153 Å². The highest BCUT2D eigenvalue weighted by molar-refractivity contribution is 5.82. The van der Waals surface area contributed by atoms with E-state index in [2.05, 4.69) is 44.6 Å². The molecule has 2 aromatic heterocycles. The van der Waals surface area contributed by atoms with Gasteiger partial charge < -0.3 is 15.4 Å². The molecule has 1 fully saturated rings. The van der Waals surface area contributed by atoms with E-state index in [1.165, 1.54) is 18.4 Å². The van der Waals surface area contributed by atoms with E-state index < -0.39 is 0 Å². The predicted octanol–water partition coefficient (Wildman–Crippen LogP) is 3.46. The first-order valence-corrected chi connectivity index (χ1v) is 9.07. The summed E-state index contributed by atoms with van der Waals surface area (Å²) in [6.07, 6.45) is 5.73. The highest BCUT2D eigenvalue weighted by atomic mass is 16.5. The van der Waals surface area contributed by atoms with Crippen LogP contribution in [0.4, 0.5) is 11.5 Å². The molecule has 1 aromatic carbocycles. The number of nitrogens with zero attached hydrogens (tertiary/aromatic N) is 3. The Morgan fingerprint density at radius 3 is 2.85 bits per heavy atom. The maximum absolute atomic E-state index is 6.06. The number of anilines is 2. The molecule has 6 heteroatoms. The molecule has 0 spiro atoms. The molecule has 2 N–H and O–H groups in total. The van der Waals surface area contributed by atoms with Crippen LogP contribution in [0.25, 0.3) is 11.0 Å². The van der Waals surface area contributed by atoms with Gasteiger partial charge in [-0.2, -0.15) is 4.98 Å². The molecule has 26 heavy (non-hydrogen) atoms. The molecule has 1 aliphatic heterocycles. The molecule has 0 saturated carbocycles. The van der Waals surface area contributed by atoms with Crippen molar-refractivity contribution in [3.05, 3.63) is 48.3 Å². The second kappa shape index (κ2) is 7.66. The number of ether oxygens (including phenoxy) is 1. The quantitative estimate of drug-likeness (QED) is 0.735. The van der Waals surface area contributed by atoms with E-state index in [4.69, 9.17) is 4.74 Å². The molecule has 0 radical (unpaired) electrons. The molecule has 3 heterocycles. The van der Waals surface area contributed by atoms with Crippen molar-refractivity contribution < 1.29 is 4.74 Å². The molecular weight excluding hydrogens is 326 g/mol. The van der Waals surface area contributed by atoms with E-state index in [1.807, 2.05) is 18.2 Å². The molecule has 0 bridgehead atoms. The van der Waals surface area contributed by atoms with Gasteiger partial charge in [0, 0.05) is 36.6 Å². The lowest BCUT2D eigenvalue weighted by Gasteiger charge is -2.22. The number of hydrogen-bond donors (Lipinski definition) is 2. The van der Waals surface area contributed by atoms with Gasteiger partial charge in [-0.05, 0) is 38.4 Å². The van der Waals surface area contributed by atoms with Crippen molar-refractivity contribution in [1.82, 2.24) is 20.3 Å². The van der Waals surface area contributed by atoms with E-state index in [9.17, 15) is 0 Å². The minimum absolute atomic E-state index is 0.506. The Kier molecular flexibility index (Phi) is 4.93. The minimum atomic E-state index is 0.506. The van der Waals surface area contributed by atoms with Gasteiger partial charge >= 0.3 is 0 Å². The summed E-state index contributed by atoms with van der Waals surface area (Å²) in [6.45, 7) is 4.80. The van der Waals surface area contributed by atoms with Crippen LogP contribution in [0.3, 0.4) is 0 Å². The molecular formula is C20H23N5O. The lowest BCUT2D eigenvalue weighted by Crippen LogP contribution is -2.33. The summed E-state index contributed by atoms with van der Waals surface area (Å²) >= 11 is 0. The Hall–Kier alpha value is -2.73. The second-order valence-corrected chi connectivity index (χ2v) is 6.75. The Balaban J connectivity index is 1.58.